The fourth-order valence-corrected chi connectivity index (χ4v) is 2.86. The van der Waals surface area contributed by atoms with Crippen LogP contribution in [0, 0.1) is 17.2 Å². The number of pyridine rings is 1. The van der Waals surface area contributed by atoms with Gasteiger partial charge in [0.15, 0.2) is 0 Å². The number of alkyl halides is 3. The van der Waals surface area contributed by atoms with Crippen LogP contribution in [-0.2, 0) is 6.18 Å². The van der Waals surface area contributed by atoms with Crippen LogP contribution in [0.2, 0.25) is 0 Å². The van der Waals surface area contributed by atoms with Gasteiger partial charge in [0.2, 0.25) is 0 Å². The molecule has 0 radical (unpaired) electrons. The van der Waals surface area contributed by atoms with E-state index in [1.165, 1.54) is 18.2 Å². The number of nitrogens with zero attached hydrogens (tertiary/aromatic N) is 2. The van der Waals surface area contributed by atoms with Gasteiger partial charge < -0.3 is 15.2 Å². The maximum absolute atomic E-state index is 12.9. The standard InChI is InChI=1S/C20H20F3N3O3/c1-12(7-13(2)26-19(27)28)11-29-17-4-3-14(8-16(17)10-24)15-5-6-25-18(9-15)20(21,22)23/h3-6,8-9,12-13,26H,7,11H2,1-2H3,(H,27,28). The van der Waals surface area contributed by atoms with Gasteiger partial charge in [-0.15, -0.1) is 0 Å². The van der Waals surface area contributed by atoms with Crippen LogP contribution in [0.15, 0.2) is 36.5 Å². The van der Waals surface area contributed by atoms with Crippen LogP contribution in [0.1, 0.15) is 31.5 Å². The summed E-state index contributed by atoms with van der Waals surface area (Å²) in [6, 6.07) is 8.67. The fourth-order valence-electron chi connectivity index (χ4n) is 2.86. The molecule has 2 N–H and O–H groups in total. The Morgan fingerprint density at radius 1 is 1.28 bits per heavy atom. The molecule has 0 aliphatic rings. The van der Waals surface area contributed by atoms with Crippen LogP contribution in [0.25, 0.3) is 11.1 Å². The Labute approximate surface area is 166 Å². The second-order valence-corrected chi connectivity index (χ2v) is 6.75. The normalized spacial score (nSPS) is 13.2. The first-order valence-electron chi connectivity index (χ1n) is 8.80. The van der Waals surface area contributed by atoms with Crippen molar-refractivity contribution in [2.75, 3.05) is 6.61 Å². The SMILES string of the molecule is CC(COc1ccc(-c2ccnc(C(F)(F)F)c2)cc1C#N)CC(C)NC(=O)O. The van der Waals surface area contributed by atoms with Crippen molar-refractivity contribution in [3.05, 3.63) is 47.8 Å². The van der Waals surface area contributed by atoms with Crippen molar-refractivity contribution in [2.24, 2.45) is 5.92 Å². The number of nitrogens with one attached hydrogen (secondary N) is 1. The molecule has 6 nitrogen and oxygen atoms in total. The minimum absolute atomic E-state index is 0.0117. The van der Waals surface area contributed by atoms with E-state index in [1.54, 1.807) is 13.0 Å². The third kappa shape index (κ3) is 6.38. The van der Waals surface area contributed by atoms with Crippen LogP contribution >= 0.6 is 0 Å². The molecule has 154 valence electrons. The summed E-state index contributed by atoms with van der Waals surface area (Å²) in [5.74, 6) is 0.324. The third-order valence-electron chi connectivity index (χ3n) is 4.13. The lowest BCUT2D eigenvalue weighted by molar-refractivity contribution is -0.141. The van der Waals surface area contributed by atoms with E-state index < -0.39 is 18.0 Å². The lowest BCUT2D eigenvalue weighted by atomic mass is 10.0. The van der Waals surface area contributed by atoms with E-state index in [4.69, 9.17) is 9.84 Å². The first kappa shape index (κ1) is 22.0. The molecule has 0 bridgehead atoms. The van der Waals surface area contributed by atoms with Crippen LogP contribution < -0.4 is 10.1 Å². The molecule has 0 fully saturated rings. The van der Waals surface area contributed by atoms with Crippen molar-refractivity contribution in [1.82, 2.24) is 10.3 Å². The second-order valence-electron chi connectivity index (χ2n) is 6.75. The number of carboxylic acid groups (broad SMARTS) is 1. The quantitative estimate of drug-likeness (QED) is 0.694. The van der Waals surface area contributed by atoms with E-state index in [0.717, 1.165) is 12.3 Å². The summed E-state index contributed by atoms with van der Waals surface area (Å²) in [5, 5.41) is 20.5. The van der Waals surface area contributed by atoms with Crippen molar-refractivity contribution in [2.45, 2.75) is 32.5 Å². The highest BCUT2D eigenvalue weighted by molar-refractivity contribution is 5.67. The molecule has 2 unspecified atom stereocenters. The number of carbonyl (C=O) groups is 1. The van der Waals surface area contributed by atoms with Gasteiger partial charge in [0.25, 0.3) is 0 Å². The molecule has 1 aromatic heterocycles. The predicted molar refractivity (Wildman–Crippen MR) is 99.3 cm³/mol. The Balaban J connectivity index is 2.12. The molecule has 0 saturated heterocycles. The first-order chi connectivity index (χ1) is 13.6. The summed E-state index contributed by atoms with van der Waals surface area (Å²) in [6.45, 7) is 3.88. The molecule has 1 amide bonds. The minimum atomic E-state index is -4.56. The molecule has 0 aliphatic heterocycles. The summed E-state index contributed by atoms with van der Waals surface area (Å²) in [5.41, 5.74) is -0.0880. The summed E-state index contributed by atoms with van der Waals surface area (Å²) >= 11 is 0. The smallest absolute Gasteiger partial charge is 0.433 e. The van der Waals surface area contributed by atoms with Gasteiger partial charge in [0.05, 0.1) is 12.2 Å². The van der Waals surface area contributed by atoms with E-state index >= 15 is 0 Å². The number of hydrogen-bond donors (Lipinski definition) is 2. The largest absolute Gasteiger partial charge is 0.492 e. The van der Waals surface area contributed by atoms with Gasteiger partial charge in [-0.2, -0.15) is 18.4 Å². The number of amides is 1. The molecule has 1 heterocycles. The fraction of sp³-hybridized carbons (Fsp3) is 0.350. The van der Waals surface area contributed by atoms with Gasteiger partial charge in [-0.25, -0.2) is 4.79 Å². The average Bonchev–Trinajstić information content (AvgIpc) is 2.65. The molecule has 2 atom stereocenters. The molecule has 0 saturated carbocycles. The number of benzene rings is 1. The van der Waals surface area contributed by atoms with E-state index in [0.29, 0.717) is 17.7 Å². The zero-order valence-electron chi connectivity index (χ0n) is 15.8. The van der Waals surface area contributed by atoms with Crippen LogP contribution in [0.4, 0.5) is 18.0 Å². The zero-order chi connectivity index (χ0) is 21.6. The molecule has 0 aliphatic carbocycles. The topological polar surface area (TPSA) is 95.2 Å². The van der Waals surface area contributed by atoms with Gasteiger partial charge in [-0.05, 0) is 54.7 Å². The Morgan fingerprint density at radius 2 is 1.97 bits per heavy atom. The summed E-state index contributed by atoms with van der Waals surface area (Å²) in [4.78, 5) is 14.0. The van der Waals surface area contributed by atoms with Crippen molar-refractivity contribution < 1.29 is 27.8 Å². The summed E-state index contributed by atoms with van der Waals surface area (Å²) < 4.78 is 44.2. The monoisotopic (exact) mass is 407 g/mol. The molecule has 2 rings (SSSR count). The van der Waals surface area contributed by atoms with Gasteiger partial charge >= 0.3 is 12.3 Å². The maximum atomic E-state index is 12.9. The van der Waals surface area contributed by atoms with Gasteiger partial charge in [-0.1, -0.05) is 13.0 Å². The van der Waals surface area contributed by atoms with Gasteiger partial charge in [0.1, 0.15) is 17.5 Å². The Hall–Kier alpha value is -3.28. The summed E-state index contributed by atoms with van der Waals surface area (Å²) in [7, 11) is 0. The van der Waals surface area contributed by atoms with Crippen LogP contribution in [0.5, 0.6) is 5.75 Å². The number of nitriles is 1. The highest BCUT2D eigenvalue weighted by Gasteiger charge is 2.32. The number of halogens is 3. The molecule has 2 aromatic rings. The molecule has 29 heavy (non-hydrogen) atoms. The van der Waals surface area contributed by atoms with Crippen molar-refractivity contribution in [3.8, 4) is 22.9 Å². The molecule has 0 spiro atoms. The second kappa shape index (κ2) is 9.28. The maximum Gasteiger partial charge on any atom is 0.433 e. The third-order valence-corrected chi connectivity index (χ3v) is 4.13. The number of rotatable bonds is 7. The average molecular weight is 407 g/mol. The van der Waals surface area contributed by atoms with Crippen molar-refractivity contribution in [3.63, 3.8) is 0 Å². The van der Waals surface area contributed by atoms with Crippen LogP contribution in [-0.4, -0.2) is 28.8 Å². The number of hydrogen-bond acceptors (Lipinski definition) is 4. The molecular weight excluding hydrogens is 387 g/mol. The minimum Gasteiger partial charge on any atom is -0.492 e. The predicted octanol–water partition coefficient (Wildman–Crippen LogP) is 4.70. The Kier molecular flexibility index (Phi) is 7.04. The molecule has 1 aromatic carbocycles. The van der Waals surface area contributed by atoms with Crippen molar-refractivity contribution >= 4 is 6.09 Å². The van der Waals surface area contributed by atoms with Crippen LogP contribution in [0.3, 0.4) is 0 Å². The van der Waals surface area contributed by atoms with Gasteiger partial charge in [-0.3, -0.25) is 4.98 Å². The van der Waals surface area contributed by atoms with E-state index in [2.05, 4.69) is 10.3 Å². The van der Waals surface area contributed by atoms with E-state index in [9.17, 15) is 23.2 Å². The first-order valence-corrected chi connectivity index (χ1v) is 8.80. The van der Waals surface area contributed by atoms with Gasteiger partial charge in [0, 0.05) is 12.2 Å². The van der Waals surface area contributed by atoms with E-state index in [1.807, 2.05) is 13.0 Å². The highest BCUT2D eigenvalue weighted by Crippen LogP contribution is 2.32. The summed E-state index contributed by atoms with van der Waals surface area (Å²) in [6.07, 6.45) is -4.04. The highest BCUT2D eigenvalue weighted by atomic mass is 19.4. The van der Waals surface area contributed by atoms with Crippen molar-refractivity contribution in [1.29, 1.82) is 5.26 Å². The molecular formula is C20H20F3N3O3. The lowest BCUT2D eigenvalue weighted by Crippen LogP contribution is -2.33. The Morgan fingerprint density at radius 3 is 2.59 bits per heavy atom. The molecule has 9 heteroatoms. The zero-order valence-corrected chi connectivity index (χ0v) is 15.8. The Bertz CT molecular complexity index is 910. The lowest BCUT2D eigenvalue weighted by Gasteiger charge is -2.18. The number of aromatic nitrogens is 1. The number of ether oxygens (including phenoxy) is 1. The van der Waals surface area contributed by atoms with E-state index in [-0.39, 0.29) is 29.7 Å².